The zero-order chi connectivity index (χ0) is 12.8. The topological polar surface area (TPSA) is 39.2 Å². The molecule has 0 spiro atoms. The van der Waals surface area contributed by atoms with E-state index in [1.54, 1.807) is 5.51 Å². The van der Waals surface area contributed by atoms with Crippen molar-refractivity contribution in [3.05, 3.63) is 16.1 Å². The highest BCUT2D eigenvalue weighted by Gasteiger charge is 2.14. The van der Waals surface area contributed by atoms with Crippen LogP contribution in [0.25, 0.3) is 0 Å². The summed E-state index contributed by atoms with van der Waals surface area (Å²) in [6.45, 7) is 3.75. The Morgan fingerprint density at radius 2 is 2.22 bits per heavy atom. The molecular weight excluding hydrogens is 246 g/mol. The van der Waals surface area contributed by atoms with Gasteiger partial charge in [-0.3, -0.25) is 4.79 Å². The number of hydrogen-bond acceptors (Lipinski definition) is 4. The summed E-state index contributed by atoms with van der Waals surface area (Å²) in [5.74, 6) is 1.08. The highest BCUT2D eigenvalue weighted by atomic mass is 32.1. The van der Waals surface area contributed by atoms with Crippen molar-refractivity contribution < 1.29 is 9.53 Å². The molecule has 3 nitrogen and oxygen atoms in total. The molecule has 0 aromatic carbocycles. The van der Waals surface area contributed by atoms with Crippen molar-refractivity contribution in [3.8, 4) is 0 Å². The zero-order valence-electron chi connectivity index (χ0n) is 11.0. The number of ketones is 1. The summed E-state index contributed by atoms with van der Waals surface area (Å²) >= 11 is 1.47. The number of Topliss-reactive ketones (excluding diaryl/α,β-unsaturated/α-hetero) is 1. The monoisotopic (exact) mass is 267 g/mol. The number of carbonyl (C=O) groups excluding carboxylic acids is 1. The Balaban J connectivity index is 1.63. The fourth-order valence-electron chi connectivity index (χ4n) is 2.44. The quantitative estimate of drug-likeness (QED) is 0.583. The van der Waals surface area contributed by atoms with Crippen LogP contribution in [-0.2, 0) is 4.74 Å². The average molecular weight is 267 g/mol. The molecule has 1 saturated heterocycles. The summed E-state index contributed by atoms with van der Waals surface area (Å²) in [5, 5.41) is 0. The van der Waals surface area contributed by atoms with Crippen LogP contribution in [0.1, 0.15) is 53.9 Å². The van der Waals surface area contributed by atoms with Gasteiger partial charge in [0.05, 0.1) is 16.1 Å². The number of aromatic nitrogens is 1. The molecule has 0 amide bonds. The zero-order valence-corrected chi connectivity index (χ0v) is 11.8. The second kappa shape index (κ2) is 7.00. The first-order chi connectivity index (χ1) is 8.77. The van der Waals surface area contributed by atoms with E-state index < -0.39 is 0 Å². The molecule has 0 unspecified atom stereocenters. The molecule has 0 radical (unpaired) electrons. The number of rotatable bonds is 6. The number of thiazole rings is 1. The van der Waals surface area contributed by atoms with Gasteiger partial charge in [-0.15, -0.1) is 11.3 Å². The molecule has 18 heavy (non-hydrogen) atoms. The lowest BCUT2D eigenvalue weighted by atomic mass is 9.93. The summed E-state index contributed by atoms with van der Waals surface area (Å²) in [6.07, 6.45) is 6.48. The van der Waals surface area contributed by atoms with Crippen molar-refractivity contribution in [1.29, 1.82) is 0 Å². The normalized spacial score (nSPS) is 16.9. The van der Waals surface area contributed by atoms with Crippen molar-refractivity contribution >= 4 is 17.1 Å². The van der Waals surface area contributed by atoms with Crippen molar-refractivity contribution in [3.63, 3.8) is 0 Å². The minimum atomic E-state index is 0.266. The number of ether oxygens (including phenoxy) is 1. The Hall–Kier alpha value is -0.740. The Bertz CT molecular complexity index is 383. The van der Waals surface area contributed by atoms with E-state index in [0.717, 1.165) is 42.5 Å². The molecule has 0 saturated carbocycles. The van der Waals surface area contributed by atoms with E-state index in [4.69, 9.17) is 4.74 Å². The Morgan fingerprint density at radius 1 is 1.44 bits per heavy atom. The molecule has 1 fully saturated rings. The van der Waals surface area contributed by atoms with Crippen LogP contribution >= 0.6 is 11.3 Å². The average Bonchev–Trinajstić information content (AvgIpc) is 2.82. The van der Waals surface area contributed by atoms with Gasteiger partial charge >= 0.3 is 0 Å². The van der Waals surface area contributed by atoms with Crippen molar-refractivity contribution in [2.75, 3.05) is 13.2 Å². The Morgan fingerprint density at radius 3 is 2.89 bits per heavy atom. The van der Waals surface area contributed by atoms with E-state index in [9.17, 15) is 4.79 Å². The molecule has 1 aliphatic rings. The summed E-state index contributed by atoms with van der Waals surface area (Å²) in [7, 11) is 0. The number of carbonyl (C=O) groups is 1. The van der Waals surface area contributed by atoms with Gasteiger partial charge in [0.15, 0.2) is 5.78 Å². The summed E-state index contributed by atoms with van der Waals surface area (Å²) in [6, 6.07) is 0. The lowest BCUT2D eigenvalue weighted by Crippen LogP contribution is -2.15. The van der Waals surface area contributed by atoms with Crippen LogP contribution in [0, 0.1) is 12.8 Å². The van der Waals surface area contributed by atoms with Gasteiger partial charge < -0.3 is 4.74 Å². The van der Waals surface area contributed by atoms with Crippen LogP contribution in [0.2, 0.25) is 0 Å². The first-order valence-electron chi connectivity index (χ1n) is 6.78. The van der Waals surface area contributed by atoms with E-state index in [1.165, 1.54) is 30.6 Å². The molecule has 0 N–H and O–H groups in total. The van der Waals surface area contributed by atoms with E-state index in [2.05, 4.69) is 4.98 Å². The Kier molecular flexibility index (Phi) is 5.32. The summed E-state index contributed by atoms with van der Waals surface area (Å²) < 4.78 is 5.35. The third-order valence-electron chi connectivity index (χ3n) is 3.61. The third kappa shape index (κ3) is 3.89. The van der Waals surface area contributed by atoms with Gasteiger partial charge in [0.1, 0.15) is 0 Å². The molecule has 1 aliphatic heterocycles. The largest absolute Gasteiger partial charge is 0.381 e. The standard InChI is InChI=1S/C14H21NO2S/c1-11-14(18-10-15-11)13(16)5-3-2-4-12-6-8-17-9-7-12/h10,12H,2-9H2,1H3. The van der Waals surface area contributed by atoms with Crippen LogP contribution in [0.15, 0.2) is 5.51 Å². The maximum Gasteiger partial charge on any atom is 0.174 e. The fourth-order valence-corrected chi connectivity index (χ4v) is 3.21. The van der Waals surface area contributed by atoms with Gasteiger partial charge in [-0.2, -0.15) is 0 Å². The van der Waals surface area contributed by atoms with Crippen molar-refractivity contribution in [1.82, 2.24) is 4.98 Å². The predicted molar refractivity (Wildman–Crippen MR) is 73.2 cm³/mol. The van der Waals surface area contributed by atoms with Gasteiger partial charge in [-0.25, -0.2) is 4.98 Å². The summed E-state index contributed by atoms with van der Waals surface area (Å²) in [4.78, 5) is 16.9. The molecule has 0 aliphatic carbocycles. The van der Waals surface area contributed by atoms with Gasteiger partial charge in [-0.05, 0) is 32.1 Å². The van der Waals surface area contributed by atoms with Gasteiger partial charge in [0.25, 0.3) is 0 Å². The number of nitrogens with zero attached hydrogens (tertiary/aromatic N) is 1. The molecule has 2 heterocycles. The molecular formula is C14H21NO2S. The van der Waals surface area contributed by atoms with Crippen LogP contribution in [-0.4, -0.2) is 24.0 Å². The van der Waals surface area contributed by atoms with Gasteiger partial charge in [0, 0.05) is 19.6 Å². The van der Waals surface area contributed by atoms with Gasteiger partial charge in [-0.1, -0.05) is 12.8 Å². The van der Waals surface area contributed by atoms with E-state index in [0.29, 0.717) is 6.42 Å². The molecule has 2 rings (SSSR count). The van der Waals surface area contributed by atoms with Crippen LogP contribution in [0.4, 0.5) is 0 Å². The van der Waals surface area contributed by atoms with Crippen LogP contribution < -0.4 is 0 Å². The SMILES string of the molecule is Cc1ncsc1C(=O)CCCCC1CCOCC1. The predicted octanol–water partition coefficient (Wildman–Crippen LogP) is 3.62. The molecule has 4 heteroatoms. The second-order valence-corrected chi connectivity index (χ2v) is 5.85. The first kappa shape index (κ1) is 13.7. The molecule has 1 aromatic heterocycles. The molecule has 1 aromatic rings. The maximum absolute atomic E-state index is 11.9. The third-order valence-corrected chi connectivity index (χ3v) is 4.58. The highest BCUT2D eigenvalue weighted by molar-refractivity contribution is 7.11. The number of aryl methyl sites for hydroxylation is 1. The van der Waals surface area contributed by atoms with Crippen molar-refractivity contribution in [2.45, 2.75) is 45.4 Å². The lowest BCUT2D eigenvalue weighted by molar-refractivity contribution is 0.0630. The smallest absolute Gasteiger partial charge is 0.174 e. The minimum absolute atomic E-state index is 0.266. The summed E-state index contributed by atoms with van der Waals surface area (Å²) in [5.41, 5.74) is 2.64. The van der Waals surface area contributed by atoms with Gasteiger partial charge in [0.2, 0.25) is 0 Å². The second-order valence-electron chi connectivity index (χ2n) is 4.99. The van der Waals surface area contributed by atoms with Crippen molar-refractivity contribution in [2.24, 2.45) is 5.92 Å². The Labute approximate surface area is 113 Å². The van der Waals surface area contributed by atoms with Crippen LogP contribution in [0.3, 0.4) is 0 Å². The molecule has 100 valence electrons. The van der Waals surface area contributed by atoms with E-state index in [-0.39, 0.29) is 5.78 Å². The number of hydrogen-bond donors (Lipinski definition) is 0. The van der Waals surface area contributed by atoms with E-state index in [1.807, 2.05) is 6.92 Å². The van der Waals surface area contributed by atoms with Crippen LogP contribution in [0.5, 0.6) is 0 Å². The molecule has 0 bridgehead atoms. The number of unbranched alkanes of at least 4 members (excludes halogenated alkanes) is 1. The highest BCUT2D eigenvalue weighted by Crippen LogP contribution is 2.22. The maximum atomic E-state index is 11.9. The minimum Gasteiger partial charge on any atom is -0.381 e. The molecule has 0 atom stereocenters. The first-order valence-corrected chi connectivity index (χ1v) is 7.66. The lowest BCUT2D eigenvalue weighted by Gasteiger charge is -2.21. The van der Waals surface area contributed by atoms with E-state index >= 15 is 0 Å². The fraction of sp³-hybridized carbons (Fsp3) is 0.714.